The molecule has 1 aromatic heterocycles. The first-order valence-electron chi connectivity index (χ1n) is 4.43. The van der Waals surface area contributed by atoms with E-state index < -0.39 is 0 Å². The summed E-state index contributed by atoms with van der Waals surface area (Å²) in [5.74, 6) is 2.41. The zero-order valence-electron chi connectivity index (χ0n) is 7.84. The van der Waals surface area contributed by atoms with Crippen LogP contribution < -0.4 is 4.57 Å². The number of nitrogens with one attached hydrogen (secondary N) is 1. The maximum Gasteiger partial charge on any atom is 0.264 e. The van der Waals surface area contributed by atoms with Gasteiger partial charge in [0.2, 0.25) is 0 Å². The highest BCUT2D eigenvalue weighted by atomic mass is 32.2. The number of unbranched alkanes of at least 4 members (excludes halogenated alkanes) is 1. The number of imidazole rings is 1. The van der Waals surface area contributed by atoms with Crippen LogP contribution in [-0.4, -0.2) is 11.2 Å². The summed E-state index contributed by atoms with van der Waals surface area (Å²) >= 11 is 1.85. The molecule has 0 aromatic carbocycles. The van der Waals surface area contributed by atoms with Crippen LogP contribution in [0.4, 0.5) is 0 Å². The summed E-state index contributed by atoms with van der Waals surface area (Å²) < 4.78 is 2.31. The van der Waals surface area contributed by atoms with Crippen LogP contribution in [0.15, 0.2) is 12.4 Å². The Morgan fingerprint density at radius 2 is 2.42 bits per heavy atom. The molecule has 1 aromatic rings. The van der Waals surface area contributed by atoms with E-state index in [1.165, 1.54) is 18.7 Å². The molecule has 1 heterocycles. The second-order valence-electron chi connectivity index (χ2n) is 2.89. The summed E-state index contributed by atoms with van der Waals surface area (Å²) in [5, 5.41) is 0. The van der Waals surface area contributed by atoms with Crippen LogP contribution in [0.2, 0.25) is 0 Å². The fourth-order valence-electron chi connectivity index (χ4n) is 1.20. The third-order valence-electron chi connectivity index (χ3n) is 1.88. The SMILES string of the molecule is CCCC[n+]1cc[nH]c1CSC. The quantitative estimate of drug-likeness (QED) is 0.695. The van der Waals surface area contributed by atoms with Gasteiger partial charge >= 0.3 is 0 Å². The first kappa shape index (κ1) is 9.65. The molecule has 0 radical (unpaired) electrons. The lowest BCUT2D eigenvalue weighted by Crippen LogP contribution is -2.35. The van der Waals surface area contributed by atoms with E-state index in [1.807, 2.05) is 18.0 Å². The molecule has 1 N–H and O–H groups in total. The Bertz CT molecular complexity index is 220. The first-order valence-corrected chi connectivity index (χ1v) is 5.82. The van der Waals surface area contributed by atoms with Crippen molar-refractivity contribution in [3.8, 4) is 0 Å². The Balaban J connectivity index is 2.51. The number of thioether (sulfide) groups is 1. The largest absolute Gasteiger partial charge is 0.264 e. The van der Waals surface area contributed by atoms with Crippen LogP contribution in [0.1, 0.15) is 25.6 Å². The van der Waals surface area contributed by atoms with Crippen molar-refractivity contribution in [1.82, 2.24) is 4.98 Å². The Kier molecular flexibility index (Phi) is 4.22. The van der Waals surface area contributed by atoms with E-state index in [9.17, 15) is 0 Å². The van der Waals surface area contributed by atoms with Crippen molar-refractivity contribution >= 4 is 11.8 Å². The molecule has 0 aliphatic rings. The number of rotatable bonds is 5. The van der Waals surface area contributed by atoms with Gasteiger partial charge in [0.1, 0.15) is 12.4 Å². The maximum absolute atomic E-state index is 3.26. The fraction of sp³-hybridized carbons (Fsp3) is 0.667. The third kappa shape index (κ3) is 2.55. The summed E-state index contributed by atoms with van der Waals surface area (Å²) in [6.07, 6.45) is 8.80. The molecule has 12 heavy (non-hydrogen) atoms. The summed E-state index contributed by atoms with van der Waals surface area (Å²) in [6, 6.07) is 0. The van der Waals surface area contributed by atoms with Gasteiger partial charge in [-0.25, -0.2) is 9.55 Å². The van der Waals surface area contributed by atoms with Crippen molar-refractivity contribution in [2.75, 3.05) is 6.26 Å². The molecule has 0 aliphatic heterocycles. The van der Waals surface area contributed by atoms with Gasteiger partial charge in [-0.3, -0.25) is 0 Å². The van der Waals surface area contributed by atoms with Gasteiger partial charge in [0.25, 0.3) is 5.82 Å². The van der Waals surface area contributed by atoms with Crippen molar-refractivity contribution in [1.29, 1.82) is 0 Å². The molecule has 0 atom stereocenters. The highest BCUT2D eigenvalue weighted by Crippen LogP contribution is 2.01. The number of nitrogens with zero attached hydrogens (tertiary/aromatic N) is 1. The van der Waals surface area contributed by atoms with Crippen LogP contribution in [0, 0.1) is 0 Å². The molecule has 3 heteroatoms. The lowest BCUT2D eigenvalue weighted by atomic mass is 10.3. The number of aromatic amines is 1. The smallest absolute Gasteiger partial charge is 0.247 e. The molecule has 0 unspecified atom stereocenters. The third-order valence-corrected chi connectivity index (χ3v) is 2.45. The molecule has 0 amide bonds. The van der Waals surface area contributed by atoms with Gasteiger partial charge in [-0.2, -0.15) is 11.8 Å². The van der Waals surface area contributed by atoms with Crippen LogP contribution in [0.25, 0.3) is 0 Å². The Morgan fingerprint density at radius 3 is 3.08 bits per heavy atom. The first-order chi connectivity index (χ1) is 5.88. The predicted octanol–water partition coefficient (Wildman–Crippen LogP) is 1.97. The van der Waals surface area contributed by atoms with E-state index in [1.54, 1.807) is 0 Å². The molecular formula is C9H17N2S+. The Morgan fingerprint density at radius 1 is 1.58 bits per heavy atom. The van der Waals surface area contributed by atoms with E-state index >= 15 is 0 Å². The van der Waals surface area contributed by atoms with E-state index in [4.69, 9.17) is 0 Å². The molecule has 0 bridgehead atoms. The highest BCUT2D eigenvalue weighted by Gasteiger charge is 2.07. The lowest BCUT2D eigenvalue weighted by Gasteiger charge is -1.97. The van der Waals surface area contributed by atoms with Gasteiger partial charge in [-0.05, 0) is 12.7 Å². The molecular weight excluding hydrogens is 168 g/mol. The molecule has 0 saturated heterocycles. The average molecular weight is 185 g/mol. The molecule has 68 valence electrons. The standard InChI is InChI=1S/C9H16N2S/c1-3-4-6-11-7-5-10-9(11)8-12-2/h5,7H,3-4,6,8H2,1-2H3/p+1. The van der Waals surface area contributed by atoms with Crippen molar-refractivity contribution in [3.05, 3.63) is 18.2 Å². The van der Waals surface area contributed by atoms with Gasteiger partial charge in [-0.15, -0.1) is 0 Å². The number of aromatic nitrogens is 2. The number of H-pyrrole nitrogens is 1. The highest BCUT2D eigenvalue weighted by molar-refractivity contribution is 7.97. The van der Waals surface area contributed by atoms with Crippen molar-refractivity contribution in [2.24, 2.45) is 0 Å². The van der Waals surface area contributed by atoms with Gasteiger partial charge < -0.3 is 0 Å². The zero-order valence-corrected chi connectivity index (χ0v) is 8.66. The molecule has 0 fully saturated rings. The molecule has 2 nitrogen and oxygen atoms in total. The van der Waals surface area contributed by atoms with E-state index in [2.05, 4.69) is 28.9 Å². The Labute approximate surface area is 78.4 Å². The second-order valence-corrected chi connectivity index (χ2v) is 3.75. The zero-order chi connectivity index (χ0) is 8.81. The molecule has 0 aliphatic carbocycles. The topological polar surface area (TPSA) is 19.7 Å². The maximum atomic E-state index is 3.26. The Hall–Kier alpha value is -0.440. The average Bonchev–Trinajstić information content (AvgIpc) is 2.50. The van der Waals surface area contributed by atoms with Gasteiger partial charge in [0.15, 0.2) is 0 Å². The molecule has 1 rings (SSSR count). The number of hydrogen-bond donors (Lipinski definition) is 1. The summed E-state index contributed by atoms with van der Waals surface area (Å²) in [7, 11) is 0. The summed E-state index contributed by atoms with van der Waals surface area (Å²) in [6.45, 7) is 3.37. The number of hydrogen-bond acceptors (Lipinski definition) is 1. The number of aryl methyl sites for hydroxylation is 1. The van der Waals surface area contributed by atoms with Crippen molar-refractivity contribution in [3.63, 3.8) is 0 Å². The minimum atomic E-state index is 1.08. The molecule has 0 spiro atoms. The van der Waals surface area contributed by atoms with Crippen molar-refractivity contribution in [2.45, 2.75) is 32.1 Å². The summed E-state index contributed by atoms with van der Waals surface area (Å²) in [4.78, 5) is 3.26. The van der Waals surface area contributed by atoms with Crippen LogP contribution in [-0.2, 0) is 12.3 Å². The van der Waals surface area contributed by atoms with Crippen LogP contribution in [0.5, 0.6) is 0 Å². The normalized spacial score (nSPS) is 10.5. The second kappa shape index (κ2) is 5.25. The fourth-order valence-corrected chi connectivity index (χ4v) is 1.72. The van der Waals surface area contributed by atoms with Gasteiger partial charge in [0.05, 0.1) is 12.3 Å². The summed E-state index contributed by atoms with van der Waals surface area (Å²) in [5.41, 5.74) is 0. The lowest BCUT2D eigenvalue weighted by molar-refractivity contribution is -0.702. The van der Waals surface area contributed by atoms with Gasteiger partial charge in [0, 0.05) is 0 Å². The van der Waals surface area contributed by atoms with Gasteiger partial charge in [-0.1, -0.05) is 13.3 Å². The predicted molar refractivity (Wildman–Crippen MR) is 53.1 cm³/mol. The monoisotopic (exact) mass is 185 g/mol. The van der Waals surface area contributed by atoms with E-state index in [0.29, 0.717) is 0 Å². The minimum Gasteiger partial charge on any atom is -0.247 e. The van der Waals surface area contributed by atoms with Crippen molar-refractivity contribution < 1.29 is 4.57 Å². The van der Waals surface area contributed by atoms with E-state index in [-0.39, 0.29) is 0 Å². The molecule has 0 saturated carbocycles. The van der Waals surface area contributed by atoms with Crippen LogP contribution in [0.3, 0.4) is 0 Å². The van der Waals surface area contributed by atoms with E-state index in [0.717, 1.165) is 12.3 Å². The minimum absolute atomic E-state index is 1.08. The van der Waals surface area contributed by atoms with Crippen LogP contribution >= 0.6 is 11.8 Å².